The van der Waals surface area contributed by atoms with Crippen molar-refractivity contribution in [3.05, 3.63) is 107 Å². The minimum absolute atomic E-state index is 0.187. The number of rotatable bonds is 7. The molecule has 2 N–H and O–H groups in total. The van der Waals surface area contributed by atoms with Crippen molar-refractivity contribution in [3.8, 4) is 11.1 Å². The van der Waals surface area contributed by atoms with Crippen molar-refractivity contribution in [1.29, 1.82) is 0 Å². The second kappa shape index (κ2) is 11.8. The topological polar surface area (TPSA) is 96.5 Å². The van der Waals surface area contributed by atoms with Gasteiger partial charge in [-0.15, -0.1) is 0 Å². The lowest BCUT2D eigenvalue weighted by Gasteiger charge is -2.29. The quantitative estimate of drug-likeness (QED) is 0.366. The number of morpholine rings is 1. The van der Waals surface area contributed by atoms with E-state index >= 15 is 0 Å². The molecule has 4 aromatic rings. The fourth-order valence-corrected chi connectivity index (χ4v) is 4.39. The third-order valence-corrected chi connectivity index (χ3v) is 6.50. The Hall–Kier alpha value is -4.63. The first-order valence-corrected chi connectivity index (χ1v) is 12.6. The average Bonchev–Trinajstić information content (AvgIpc) is 2.97. The summed E-state index contributed by atoms with van der Waals surface area (Å²) in [5.41, 5.74) is 5.22. The lowest BCUT2D eigenvalue weighted by atomic mass is 10.0. The molecule has 8 nitrogen and oxygen atoms in total. The average molecular weight is 526 g/mol. The Morgan fingerprint density at radius 3 is 2.51 bits per heavy atom. The van der Waals surface area contributed by atoms with Crippen LogP contribution in [-0.4, -0.2) is 48.1 Å². The summed E-state index contributed by atoms with van der Waals surface area (Å²) in [5.74, 6) is -1.09. The van der Waals surface area contributed by atoms with E-state index < -0.39 is 11.7 Å². The molecule has 1 saturated heterocycles. The van der Waals surface area contributed by atoms with Gasteiger partial charge in [0.1, 0.15) is 5.82 Å². The van der Waals surface area contributed by atoms with Crippen molar-refractivity contribution >= 4 is 23.2 Å². The zero-order valence-electron chi connectivity index (χ0n) is 21.5. The van der Waals surface area contributed by atoms with Crippen molar-refractivity contribution < 1.29 is 18.7 Å². The molecule has 0 radical (unpaired) electrons. The smallest absolute Gasteiger partial charge is 0.255 e. The van der Waals surface area contributed by atoms with E-state index in [0.717, 1.165) is 22.4 Å². The van der Waals surface area contributed by atoms with Crippen LogP contribution in [0.5, 0.6) is 0 Å². The number of anilines is 2. The highest BCUT2D eigenvalue weighted by molar-refractivity contribution is 6.05. The molecule has 3 heterocycles. The van der Waals surface area contributed by atoms with E-state index in [2.05, 4.69) is 20.6 Å². The van der Waals surface area contributed by atoms with Crippen molar-refractivity contribution in [3.63, 3.8) is 0 Å². The molecule has 1 aliphatic heterocycles. The molecule has 9 heteroatoms. The van der Waals surface area contributed by atoms with Gasteiger partial charge < -0.3 is 20.3 Å². The Morgan fingerprint density at radius 1 is 0.974 bits per heavy atom. The van der Waals surface area contributed by atoms with Crippen LogP contribution >= 0.6 is 0 Å². The molecule has 2 amide bonds. The van der Waals surface area contributed by atoms with Crippen LogP contribution in [0.3, 0.4) is 0 Å². The molecule has 0 spiro atoms. The minimum atomic E-state index is -0.476. The highest BCUT2D eigenvalue weighted by Gasteiger charge is 2.16. The Morgan fingerprint density at radius 2 is 1.77 bits per heavy atom. The number of halogens is 1. The second-order valence-corrected chi connectivity index (χ2v) is 9.23. The maximum absolute atomic E-state index is 14.4. The number of pyridine rings is 2. The summed E-state index contributed by atoms with van der Waals surface area (Å²) in [6.07, 6.45) is 4.96. The van der Waals surface area contributed by atoms with Crippen LogP contribution < -0.4 is 15.5 Å². The zero-order valence-corrected chi connectivity index (χ0v) is 21.5. The summed E-state index contributed by atoms with van der Waals surface area (Å²) < 4.78 is 19.7. The number of carbonyl (C=O) groups excluding carboxylic acids is 2. The van der Waals surface area contributed by atoms with Crippen molar-refractivity contribution in [2.75, 3.05) is 36.5 Å². The highest BCUT2D eigenvalue weighted by Crippen LogP contribution is 2.26. The number of amides is 2. The van der Waals surface area contributed by atoms with Crippen LogP contribution in [0, 0.1) is 12.7 Å². The van der Waals surface area contributed by atoms with Gasteiger partial charge in [-0.05, 0) is 60.5 Å². The number of carbonyl (C=O) groups is 2. The van der Waals surface area contributed by atoms with Crippen LogP contribution in [0.1, 0.15) is 32.0 Å². The standard InChI is InChI=1S/C30H28FN5O3/c1-20-28(22-4-6-23(7-5-22)29(37)34-18-21-3-2-8-32-17-21)16-26(19-33-20)35-30(38)24-13-25(31)15-27(14-24)36-9-11-39-12-10-36/h2-8,13-17,19H,9-12,18H2,1H3,(H,34,37)(H,35,38). The number of aromatic nitrogens is 2. The first kappa shape index (κ1) is 26.0. The van der Waals surface area contributed by atoms with E-state index in [9.17, 15) is 14.0 Å². The van der Waals surface area contributed by atoms with Crippen molar-refractivity contribution in [2.24, 2.45) is 0 Å². The van der Waals surface area contributed by atoms with Gasteiger partial charge in [-0.25, -0.2) is 4.39 Å². The van der Waals surface area contributed by atoms with E-state index in [1.54, 1.807) is 36.8 Å². The Bertz CT molecular complexity index is 1470. The first-order valence-electron chi connectivity index (χ1n) is 12.6. The van der Waals surface area contributed by atoms with E-state index in [1.165, 1.54) is 12.1 Å². The third kappa shape index (κ3) is 6.45. The molecule has 5 rings (SSSR count). The normalized spacial score (nSPS) is 13.1. The summed E-state index contributed by atoms with van der Waals surface area (Å²) in [5, 5.41) is 5.72. The minimum Gasteiger partial charge on any atom is -0.378 e. The lowest BCUT2D eigenvalue weighted by molar-refractivity contribution is 0.0950. The molecule has 0 atom stereocenters. The summed E-state index contributed by atoms with van der Waals surface area (Å²) in [4.78, 5) is 36.1. The van der Waals surface area contributed by atoms with E-state index in [4.69, 9.17) is 4.74 Å². The van der Waals surface area contributed by atoms with Gasteiger partial charge in [-0.3, -0.25) is 19.6 Å². The van der Waals surface area contributed by atoms with Crippen LogP contribution in [0.4, 0.5) is 15.8 Å². The summed E-state index contributed by atoms with van der Waals surface area (Å²) in [7, 11) is 0. The van der Waals surface area contributed by atoms with Gasteiger partial charge in [0, 0.05) is 60.1 Å². The molecule has 39 heavy (non-hydrogen) atoms. The Labute approximate surface area is 225 Å². The molecule has 1 aliphatic rings. The number of ether oxygens (including phenoxy) is 1. The predicted octanol–water partition coefficient (Wildman–Crippen LogP) is 4.61. The predicted molar refractivity (Wildman–Crippen MR) is 147 cm³/mol. The van der Waals surface area contributed by atoms with Gasteiger partial charge in [-0.1, -0.05) is 18.2 Å². The van der Waals surface area contributed by atoms with E-state index in [0.29, 0.717) is 49.8 Å². The largest absolute Gasteiger partial charge is 0.378 e. The third-order valence-electron chi connectivity index (χ3n) is 6.50. The molecular formula is C30H28FN5O3. The molecule has 1 fully saturated rings. The number of hydrogen-bond donors (Lipinski definition) is 2. The molecular weight excluding hydrogens is 497 g/mol. The van der Waals surface area contributed by atoms with Crippen LogP contribution in [-0.2, 0) is 11.3 Å². The van der Waals surface area contributed by atoms with Crippen LogP contribution in [0.25, 0.3) is 11.1 Å². The number of nitrogens with one attached hydrogen (secondary N) is 2. The fourth-order valence-electron chi connectivity index (χ4n) is 4.39. The zero-order chi connectivity index (χ0) is 27.2. The lowest BCUT2D eigenvalue weighted by Crippen LogP contribution is -2.36. The first-order chi connectivity index (χ1) is 19.0. The molecule has 0 aliphatic carbocycles. The van der Waals surface area contributed by atoms with E-state index in [1.807, 2.05) is 42.2 Å². The van der Waals surface area contributed by atoms with Crippen molar-refractivity contribution in [1.82, 2.24) is 15.3 Å². The van der Waals surface area contributed by atoms with Gasteiger partial charge in [0.05, 0.1) is 25.1 Å². The van der Waals surface area contributed by atoms with Gasteiger partial charge in [0.15, 0.2) is 0 Å². The SMILES string of the molecule is Cc1ncc(NC(=O)c2cc(F)cc(N3CCOCC3)c2)cc1-c1ccc(C(=O)NCc2cccnc2)cc1. The maximum Gasteiger partial charge on any atom is 0.255 e. The summed E-state index contributed by atoms with van der Waals surface area (Å²) in [6.45, 7) is 4.66. The fraction of sp³-hybridized carbons (Fsp3) is 0.200. The number of benzene rings is 2. The number of nitrogens with zero attached hydrogens (tertiary/aromatic N) is 3. The number of aryl methyl sites for hydroxylation is 1. The molecule has 198 valence electrons. The summed E-state index contributed by atoms with van der Waals surface area (Å²) in [6, 6.07) is 17.1. The van der Waals surface area contributed by atoms with Gasteiger partial charge in [0.2, 0.25) is 0 Å². The molecule has 0 bridgehead atoms. The molecule has 0 unspecified atom stereocenters. The van der Waals surface area contributed by atoms with Crippen molar-refractivity contribution in [2.45, 2.75) is 13.5 Å². The van der Waals surface area contributed by atoms with Crippen LogP contribution in [0.2, 0.25) is 0 Å². The van der Waals surface area contributed by atoms with Gasteiger partial charge in [-0.2, -0.15) is 0 Å². The Balaban J connectivity index is 1.28. The monoisotopic (exact) mass is 525 g/mol. The molecule has 2 aromatic heterocycles. The number of hydrogen-bond acceptors (Lipinski definition) is 6. The maximum atomic E-state index is 14.4. The molecule has 0 saturated carbocycles. The Kier molecular flexibility index (Phi) is 7.88. The van der Waals surface area contributed by atoms with Crippen LogP contribution in [0.15, 0.2) is 79.3 Å². The summed E-state index contributed by atoms with van der Waals surface area (Å²) >= 11 is 0. The second-order valence-electron chi connectivity index (χ2n) is 9.23. The highest BCUT2D eigenvalue weighted by atomic mass is 19.1. The van der Waals surface area contributed by atoms with E-state index in [-0.39, 0.29) is 11.5 Å². The van der Waals surface area contributed by atoms with Gasteiger partial charge >= 0.3 is 0 Å². The molecule has 2 aromatic carbocycles. The van der Waals surface area contributed by atoms with Gasteiger partial charge in [0.25, 0.3) is 11.8 Å².